The lowest BCUT2D eigenvalue weighted by Crippen LogP contribution is -2.33. The fraction of sp³-hybridized carbons (Fsp3) is 0.600. The number of fused-ring (bicyclic) bond motifs is 1. The molecule has 92 valence electrons. The van der Waals surface area contributed by atoms with Crippen LogP contribution in [0.25, 0.3) is 0 Å². The predicted molar refractivity (Wildman–Crippen MR) is 72.2 cm³/mol. The molecule has 1 saturated heterocycles. The summed E-state index contributed by atoms with van der Waals surface area (Å²) in [5.41, 5.74) is 10.1. The highest BCUT2D eigenvalue weighted by atomic mass is 15.1. The number of nitrogens with zero attached hydrogens (tertiary/aromatic N) is 1. The molecule has 2 aliphatic rings. The van der Waals surface area contributed by atoms with E-state index in [0.29, 0.717) is 5.92 Å². The van der Waals surface area contributed by atoms with Crippen LogP contribution in [0.5, 0.6) is 0 Å². The Morgan fingerprint density at radius 3 is 2.82 bits per heavy atom. The van der Waals surface area contributed by atoms with Gasteiger partial charge in [-0.2, -0.15) is 0 Å². The Kier molecular flexibility index (Phi) is 3.06. The minimum atomic E-state index is 0.685. The lowest BCUT2D eigenvalue weighted by molar-refractivity contribution is 0.215. The lowest BCUT2D eigenvalue weighted by Gasteiger charge is -2.29. The second-order valence-corrected chi connectivity index (χ2v) is 5.52. The zero-order chi connectivity index (χ0) is 11.7. The van der Waals surface area contributed by atoms with Crippen LogP contribution < -0.4 is 5.73 Å². The third-order valence-corrected chi connectivity index (χ3v) is 4.33. The predicted octanol–water partition coefficient (Wildman–Crippen LogP) is 2.78. The highest BCUT2D eigenvalue weighted by Crippen LogP contribution is 2.37. The number of likely N-dealkylation sites (tertiary alicyclic amines) is 1. The van der Waals surface area contributed by atoms with E-state index in [0.717, 1.165) is 5.69 Å². The maximum atomic E-state index is 6.15. The Hall–Kier alpha value is -1.02. The molecule has 1 aromatic carbocycles. The van der Waals surface area contributed by atoms with Gasteiger partial charge in [-0.3, -0.25) is 0 Å². The van der Waals surface area contributed by atoms with Crippen LogP contribution in [0.3, 0.4) is 0 Å². The van der Waals surface area contributed by atoms with Gasteiger partial charge in [0.05, 0.1) is 0 Å². The molecule has 1 heterocycles. The maximum Gasteiger partial charge on any atom is 0.0352 e. The van der Waals surface area contributed by atoms with E-state index >= 15 is 0 Å². The molecule has 0 radical (unpaired) electrons. The number of piperidine rings is 1. The van der Waals surface area contributed by atoms with Gasteiger partial charge in [0.25, 0.3) is 0 Å². The van der Waals surface area contributed by atoms with Crippen LogP contribution in [0.2, 0.25) is 0 Å². The lowest BCUT2D eigenvalue weighted by atomic mass is 9.98. The minimum absolute atomic E-state index is 0.685. The highest BCUT2D eigenvalue weighted by Gasteiger charge is 2.26. The zero-order valence-corrected chi connectivity index (χ0v) is 10.5. The molecule has 17 heavy (non-hydrogen) atoms. The normalized spacial score (nSPS) is 24.8. The second-order valence-electron chi connectivity index (χ2n) is 5.52. The number of benzene rings is 1. The van der Waals surface area contributed by atoms with Crippen LogP contribution >= 0.6 is 0 Å². The van der Waals surface area contributed by atoms with Crippen LogP contribution in [0.1, 0.15) is 42.7 Å². The molecule has 2 nitrogen and oxygen atoms in total. The number of nitrogens with two attached hydrogens (primary N) is 1. The molecule has 2 N–H and O–H groups in total. The van der Waals surface area contributed by atoms with Crippen molar-refractivity contribution in [1.29, 1.82) is 0 Å². The molecular weight excluding hydrogens is 208 g/mol. The van der Waals surface area contributed by atoms with E-state index in [4.69, 9.17) is 5.73 Å². The number of aryl methyl sites for hydroxylation is 1. The van der Waals surface area contributed by atoms with Crippen LogP contribution in [0.4, 0.5) is 5.69 Å². The van der Waals surface area contributed by atoms with Crippen LogP contribution in [-0.4, -0.2) is 24.5 Å². The molecule has 1 fully saturated rings. The number of hydrogen-bond acceptors (Lipinski definition) is 2. The summed E-state index contributed by atoms with van der Waals surface area (Å²) in [6.07, 6.45) is 6.69. The summed E-state index contributed by atoms with van der Waals surface area (Å²) in [5, 5.41) is 0. The van der Waals surface area contributed by atoms with E-state index in [1.807, 2.05) is 0 Å². The van der Waals surface area contributed by atoms with Crippen molar-refractivity contribution in [3.63, 3.8) is 0 Å². The third kappa shape index (κ3) is 2.19. The molecule has 0 aromatic heterocycles. The van der Waals surface area contributed by atoms with Crippen molar-refractivity contribution in [3.05, 3.63) is 29.3 Å². The largest absolute Gasteiger partial charge is 0.398 e. The van der Waals surface area contributed by atoms with Gasteiger partial charge in [-0.05, 0) is 61.9 Å². The van der Waals surface area contributed by atoms with E-state index in [2.05, 4.69) is 23.1 Å². The Labute approximate surface area is 104 Å². The van der Waals surface area contributed by atoms with Crippen LogP contribution in [-0.2, 0) is 6.42 Å². The van der Waals surface area contributed by atoms with Gasteiger partial charge >= 0.3 is 0 Å². The van der Waals surface area contributed by atoms with E-state index in [1.54, 1.807) is 0 Å². The van der Waals surface area contributed by atoms with Gasteiger partial charge < -0.3 is 10.6 Å². The standard InChI is InChI=1S/C15H22N2/c16-14-6-4-5-12-7-8-13(15(12)14)11-17-9-2-1-3-10-17/h4-6,13H,1-3,7-11,16H2. The van der Waals surface area contributed by atoms with Crippen LogP contribution in [0.15, 0.2) is 18.2 Å². The average Bonchev–Trinajstić information content (AvgIpc) is 2.75. The average molecular weight is 230 g/mol. The fourth-order valence-corrected chi connectivity index (χ4v) is 3.46. The van der Waals surface area contributed by atoms with E-state index in [9.17, 15) is 0 Å². The van der Waals surface area contributed by atoms with Gasteiger partial charge in [0.1, 0.15) is 0 Å². The van der Waals surface area contributed by atoms with Gasteiger partial charge in [-0.25, -0.2) is 0 Å². The monoisotopic (exact) mass is 230 g/mol. The Morgan fingerprint density at radius 2 is 2.00 bits per heavy atom. The fourth-order valence-electron chi connectivity index (χ4n) is 3.46. The summed E-state index contributed by atoms with van der Waals surface area (Å²) >= 11 is 0. The molecule has 0 saturated carbocycles. The first kappa shape index (κ1) is 11.1. The number of hydrogen-bond donors (Lipinski definition) is 1. The Morgan fingerprint density at radius 1 is 1.18 bits per heavy atom. The summed E-state index contributed by atoms with van der Waals surface area (Å²) in [6.45, 7) is 3.80. The molecule has 1 aromatic rings. The Bertz CT molecular complexity index is 394. The Balaban J connectivity index is 1.74. The van der Waals surface area contributed by atoms with Gasteiger partial charge in [0.2, 0.25) is 0 Å². The summed E-state index contributed by atoms with van der Waals surface area (Å²) in [6, 6.07) is 6.41. The number of anilines is 1. The summed E-state index contributed by atoms with van der Waals surface area (Å²) in [4.78, 5) is 2.63. The van der Waals surface area contributed by atoms with Gasteiger partial charge in [0.15, 0.2) is 0 Å². The van der Waals surface area contributed by atoms with Gasteiger partial charge in [-0.15, -0.1) is 0 Å². The van der Waals surface area contributed by atoms with Crippen molar-refractivity contribution in [2.75, 3.05) is 25.4 Å². The molecule has 0 amide bonds. The molecule has 2 heteroatoms. The van der Waals surface area contributed by atoms with Gasteiger partial charge in [-0.1, -0.05) is 18.6 Å². The van der Waals surface area contributed by atoms with Crippen molar-refractivity contribution in [3.8, 4) is 0 Å². The van der Waals surface area contributed by atoms with E-state index < -0.39 is 0 Å². The molecule has 1 atom stereocenters. The van der Waals surface area contributed by atoms with Crippen molar-refractivity contribution in [2.24, 2.45) is 0 Å². The molecule has 1 aliphatic heterocycles. The first-order chi connectivity index (χ1) is 8.34. The maximum absolute atomic E-state index is 6.15. The molecule has 0 spiro atoms. The quantitative estimate of drug-likeness (QED) is 0.792. The summed E-state index contributed by atoms with van der Waals surface area (Å²) in [7, 11) is 0. The molecule has 1 unspecified atom stereocenters. The van der Waals surface area contributed by atoms with Crippen molar-refractivity contribution >= 4 is 5.69 Å². The van der Waals surface area contributed by atoms with E-state index in [1.165, 1.54) is 62.9 Å². The first-order valence-corrected chi connectivity index (χ1v) is 6.94. The second kappa shape index (κ2) is 4.69. The van der Waals surface area contributed by atoms with E-state index in [-0.39, 0.29) is 0 Å². The topological polar surface area (TPSA) is 29.3 Å². The number of nitrogen functional groups attached to an aromatic ring is 1. The number of rotatable bonds is 2. The molecular formula is C15H22N2. The van der Waals surface area contributed by atoms with Crippen LogP contribution in [0, 0.1) is 0 Å². The summed E-state index contributed by atoms with van der Waals surface area (Å²) < 4.78 is 0. The van der Waals surface area contributed by atoms with Gasteiger partial charge in [0, 0.05) is 12.2 Å². The summed E-state index contributed by atoms with van der Waals surface area (Å²) in [5.74, 6) is 0.685. The zero-order valence-electron chi connectivity index (χ0n) is 10.5. The highest BCUT2D eigenvalue weighted by molar-refractivity contribution is 5.55. The minimum Gasteiger partial charge on any atom is -0.398 e. The SMILES string of the molecule is Nc1cccc2c1C(CN1CCCCC1)CC2. The van der Waals surface area contributed by atoms with Crippen molar-refractivity contribution < 1.29 is 0 Å². The van der Waals surface area contributed by atoms with Crippen molar-refractivity contribution in [1.82, 2.24) is 4.90 Å². The third-order valence-electron chi connectivity index (χ3n) is 4.33. The van der Waals surface area contributed by atoms with Crippen molar-refractivity contribution in [2.45, 2.75) is 38.0 Å². The first-order valence-electron chi connectivity index (χ1n) is 6.94. The molecule has 1 aliphatic carbocycles. The molecule has 0 bridgehead atoms. The smallest absolute Gasteiger partial charge is 0.0352 e. The molecule has 3 rings (SSSR count).